The van der Waals surface area contributed by atoms with Gasteiger partial charge in [0, 0.05) is 12.3 Å². The average molecular weight is 455 g/mol. The summed E-state index contributed by atoms with van der Waals surface area (Å²) in [5.41, 5.74) is -0.788. The highest BCUT2D eigenvalue weighted by Crippen LogP contribution is 2.30. The fourth-order valence-corrected chi connectivity index (χ4v) is 3.57. The molecule has 1 N–H and O–H groups in total. The number of fused-ring (bicyclic) bond motifs is 1. The second-order valence-corrected chi connectivity index (χ2v) is 7.44. The van der Waals surface area contributed by atoms with Gasteiger partial charge in [0.1, 0.15) is 5.69 Å². The highest BCUT2D eigenvalue weighted by molar-refractivity contribution is 7.92. The number of halogens is 5. The van der Waals surface area contributed by atoms with Crippen LogP contribution in [0.25, 0.3) is 5.65 Å². The summed E-state index contributed by atoms with van der Waals surface area (Å²) < 4.78 is 90.2. The number of rotatable bonds is 7. The number of sulfonamides is 1. The molecule has 0 saturated carbocycles. The highest BCUT2D eigenvalue weighted by atomic mass is 35.5. The van der Waals surface area contributed by atoms with Crippen molar-refractivity contribution in [1.82, 2.24) is 14.4 Å². The molecule has 0 spiro atoms. The number of aromatic nitrogens is 3. The Morgan fingerprint density at radius 3 is 2.69 bits per heavy atom. The maximum absolute atomic E-state index is 14.1. The molecule has 3 aromatic rings. The molecule has 0 atom stereocenters. The predicted octanol–water partition coefficient (Wildman–Crippen LogP) is 3.11. The Morgan fingerprint density at radius 1 is 1.31 bits per heavy atom. The second kappa shape index (κ2) is 7.91. The summed E-state index contributed by atoms with van der Waals surface area (Å²) in [6, 6.07) is 1.77. The van der Waals surface area contributed by atoms with Crippen molar-refractivity contribution in [3.8, 4) is 11.8 Å². The van der Waals surface area contributed by atoms with Gasteiger partial charge in [0.05, 0.1) is 18.3 Å². The molecule has 3 heterocycles. The van der Waals surface area contributed by atoms with Gasteiger partial charge < -0.3 is 9.47 Å². The van der Waals surface area contributed by atoms with Gasteiger partial charge in [-0.05, 0) is 6.07 Å². The summed E-state index contributed by atoms with van der Waals surface area (Å²) >= 11 is 5.64. The van der Waals surface area contributed by atoms with E-state index in [0.29, 0.717) is 6.07 Å². The lowest BCUT2D eigenvalue weighted by Crippen LogP contribution is -2.17. The number of nitrogens with zero attached hydrogens (tertiary/aromatic N) is 3. The lowest BCUT2D eigenvalue weighted by Gasteiger charge is -2.13. The SMILES string of the molecule is COc1nc(OCC(F)F)c(F)cc1NS(=O)(=O)c1cnc2c(F)c(Cl)ccn12. The Labute approximate surface area is 166 Å². The average Bonchev–Trinajstić information content (AvgIpc) is 3.09. The minimum atomic E-state index is -4.42. The normalized spacial score (nSPS) is 11.8. The van der Waals surface area contributed by atoms with Crippen LogP contribution < -0.4 is 14.2 Å². The number of alkyl halides is 2. The number of nitrogens with one attached hydrogen (secondary N) is 1. The van der Waals surface area contributed by atoms with Crippen LogP contribution in [-0.4, -0.2) is 42.9 Å². The van der Waals surface area contributed by atoms with Crippen LogP contribution in [0.3, 0.4) is 0 Å². The van der Waals surface area contributed by atoms with Crippen molar-refractivity contribution in [2.24, 2.45) is 0 Å². The van der Waals surface area contributed by atoms with E-state index in [2.05, 4.69) is 14.7 Å². The van der Waals surface area contributed by atoms with Crippen LogP contribution >= 0.6 is 11.6 Å². The number of hydrogen-bond acceptors (Lipinski definition) is 6. The number of methoxy groups -OCH3 is 1. The Bertz CT molecular complexity index is 1170. The first kappa shape index (κ1) is 20.9. The third-order valence-electron chi connectivity index (χ3n) is 3.51. The van der Waals surface area contributed by atoms with Gasteiger partial charge in [0.2, 0.25) is 5.88 Å². The number of imidazole rings is 1. The van der Waals surface area contributed by atoms with Crippen molar-refractivity contribution >= 4 is 33.0 Å². The molecule has 0 amide bonds. The Kier molecular flexibility index (Phi) is 5.71. The summed E-state index contributed by atoms with van der Waals surface area (Å²) in [4.78, 5) is 7.21. The van der Waals surface area contributed by atoms with Crippen LogP contribution in [0.4, 0.5) is 23.2 Å². The van der Waals surface area contributed by atoms with E-state index in [1.54, 1.807) is 0 Å². The van der Waals surface area contributed by atoms with E-state index in [1.165, 1.54) is 6.20 Å². The molecule has 0 saturated heterocycles. The van der Waals surface area contributed by atoms with Gasteiger partial charge >= 0.3 is 0 Å². The highest BCUT2D eigenvalue weighted by Gasteiger charge is 2.25. The molecule has 0 aromatic carbocycles. The Hall–Kier alpha value is -2.80. The largest absolute Gasteiger partial charge is 0.479 e. The minimum Gasteiger partial charge on any atom is -0.479 e. The molecule has 0 aliphatic carbocycles. The van der Waals surface area contributed by atoms with E-state index in [9.17, 15) is 26.0 Å². The summed E-state index contributed by atoms with van der Waals surface area (Å²) in [5, 5.41) is -0.740. The van der Waals surface area contributed by atoms with Crippen molar-refractivity contribution in [3.63, 3.8) is 0 Å². The van der Waals surface area contributed by atoms with Crippen LogP contribution in [0.2, 0.25) is 5.02 Å². The van der Waals surface area contributed by atoms with Crippen molar-refractivity contribution in [3.05, 3.63) is 41.2 Å². The van der Waals surface area contributed by atoms with E-state index in [4.69, 9.17) is 16.3 Å². The molecule has 3 rings (SSSR count). The molecule has 0 aliphatic heterocycles. The summed E-state index contributed by atoms with van der Waals surface area (Å²) in [7, 11) is -3.32. The molecular weight excluding hydrogens is 444 g/mol. The fraction of sp³-hybridized carbons (Fsp3) is 0.200. The summed E-state index contributed by atoms with van der Waals surface area (Å²) in [5.74, 6) is -3.37. The second-order valence-electron chi connectivity index (χ2n) is 5.41. The first-order chi connectivity index (χ1) is 13.6. The van der Waals surface area contributed by atoms with Crippen molar-refractivity contribution in [2.45, 2.75) is 11.5 Å². The van der Waals surface area contributed by atoms with Crippen LogP contribution in [-0.2, 0) is 10.0 Å². The van der Waals surface area contributed by atoms with Gasteiger partial charge in [-0.1, -0.05) is 11.6 Å². The van der Waals surface area contributed by atoms with Gasteiger partial charge in [0.25, 0.3) is 22.3 Å². The Balaban J connectivity index is 1.98. The van der Waals surface area contributed by atoms with Gasteiger partial charge in [-0.2, -0.15) is 13.4 Å². The van der Waals surface area contributed by atoms with Crippen molar-refractivity contribution < 1.29 is 35.5 Å². The molecule has 3 aromatic heterocycles. The Morgan fingerprint density at radius 2 is 2.03 bits per heavy atom. The van der Waals surface area contributed by atoms with Gasteiger partial charge in [-0.15, -0.1) is 0 Å². The first-order valence-corrected chi connectivity index (χ1v) is 9.49. The molecule has 156 valence electrons. The third-order valence-corrected chi connectivity index (χ3v) is 5.14. The standard InChI is InChI=1S/C15H11ClF4N4O4S/c1-27-15-9(4-8(17)14(22-15)28-6-10(18)19)23-29(25,26)11-5-21-13-12(20)7(16)2-3-24(11)13/h2-5,10,23H,6H2,1H3. The molecule has 0 fully saturated rings. The third kappa shape index (κ3) is 4.15. The van der Waals surface area contributed by atoms with Crippen LogP contribution in [0.1, 0.15) is 0 Å². The zero-order chi connectivity index (χ0) is 21.3. The van der Waals surface area contributed by atoms with Crippen molar-refractivity contribution in [1.29, 1.82) is 0 Å². The summed E-state index contributed by atoms with van der Waals surface area (Å²) in [6.07, 6.45) is -0.822. The predicted molar refractivity (Wildman–Crippen MR) is 93.2 cm³/mol. The van der Waals surface area contributed by atoms with E-state index in [1.807, 2.05) is 4.72 Å². The molecule has 0 radical (unpaired) electrons. The monoisotopic (exact) mass is 454 g/mol. The first-order valence-electron chi connectivity index (χ1n) is 7.63. The lowest BCUT2D eigenvalue weighted by molar-refractivity contribution is 0.0770. The van der Waals surface area contributed by atoms with E-state index >= 15 is 0 Å². The van der Waals surface area contributed by atoms with Gasteiger partial charge in [-0.3, -0.25) is 9.12 Å². The van der Waals surface area contributed by atoms with Crippen molar-refractivity contribution in [2.75, 3.05) is 18.4 Å². The molecule has 0 aliphatic rings. The van der Waals surface area contributed by atoms with E-state index < -0.39 is 57.2 Å². The molecule has 29 heavy (non-hydrogen) atoms. The van der Waals surface area contributed by atoms with E-state index in [-0.39, 0.29) is 10.7 Å². The number of pyridine rings is 2. The lowest BCUT2D eigenvalue weighted by atomic mass is 10.4. The fourth-order valence-electron chi connectivity index (χ4n) is 2.30. The van der Waals surface area contributed by atoms with Crippen LogP contribution in [0, 0.1) is 11.6 Å². The van der Waals surface area contributed by atoms with E-state index in [0.717, 1.165) is 23.8 Å². The minimum absolute atomic E-state index is 0.257. The number of hydrogen-bond donors (Lipinski definition) is 1. The quantitative estimate of drug-likeness (QED) is 0.551. The molecule has 0 unspecified atom stereocenters. The van der Waals surface area contributed by atoms with Crippen LogP contribution in [0.15, 0.2) is 29.6 Å². The topological polar surface area (TPSA) is 94.8 Å². The van der Waals surface area contributed by atoms with Gasteiger partial charge in [0.15, 0.2) is 28.9 Å². The zero-order valence-electron chi connectivity index (χ0n) is 14.4. The number of anilines is 1. The maximum atomic E-state index is 14.1. The smallest absolute Gasteiger partial charge is 0.279 e. The maximum Gasteiger partial charge on any atom is 0.279 e. The molecule has 8 nitrogen and oxygen atoms in total. The zero-order valence-corrected chi connectivity index (χ0v) is 15.9. The van der Waals surface area contributed by atoms with Crippen LogP contribution in [0.5, 0.6) is 11.8 Å². The molecule has 14 heteroatoms. The number of ether oxygens (including phenoxy) is 2. The molecule has 0 bridgehead atoms. The molecular formula is C15H11ClF4N4O4S. The van der Waals surface area contributed by atoms with Gasteiger partial charge in [-0.25, -0.2) is 22.5 Å². The summed E-state index contributed by atoms with van der Waals surface area (Å²) in [6.45, 7) is -1.12.